The van der Waals surface area contributed by atoms with Gasteiger partial charge < -0.3 is 13.6 Å². The molecule has 0 atom stereocenters. The maximum Gasteiger partial charge on any atom is 0.137 e. The fourth-order valence-corrected chi connectivity index (χ4v) is 7.53. The number of furan rings is 1. The van der Waals surface area contributed by atoms with E-state index in [1.807, 2.05) is 30.3 Å². The lowest BCUT2D eigenvalue weighted by atomic mass is 9.99. The number of hydrogen-bond donors (Lipinski definition) is 0. The van der Waals surface area contributed by atoms with Gasteiger partial charge in [-0.3, -0.25) is 0 Å². The van der Waals surface area contributed by atoms with Crippen LogP contribution >= 0.6 is 0 Å². The second kappa shape index (κ2) is 12.5. The first-order valence-electron chi connectivity index (χ1n) is 28.7. The Morgan fingerprint density at radius 2 is 1.00 bits per heavy atom. The summed E-state index contributed by atoms with van der Waals surface area (Å²) >= 11 is 0. The highest BCUT2D eigenvalue weighted by Gasteiger charge is 2.18. The van der Waals surface area contributed by atoms with E-state index in [4.69, 9.17) is 22.2 Å². The van der Waals surface area contributed by atoms with Crippen LogP contribution in [-0.2, 0) is 0 Å². The molecular formula is C54H34N2O. The fourth-order valence-electron chi connectivity index (χ4n) is 7.53. The summed E-state index contributed by atoms with van der Waals surface area (Å²) < 4.78 is 208. The van der Waals surface area contributed by atoms with Crippen molar-refractivity contribution in [2.24, 2.45) is 0 Å². The molecule has 12 rings (SSSR count). The van der Waals surface area contributed by atoms with Gasteiger partial charge in [0.15, 0.2) is 0 Å². The maximum atomic E-state index is 9.95. The third-order valence-electron chi connectivity index (χ3n) is 10.1. The molecule has 9 aromatic carbocycles. The minimum Gasteiger partial charge on any atom is -0.456 e. The molecule has 0 fully saturated rings. The summed E-state index contributed by atoms with van der Waals surface area (Å²) in [6, 6.07) is 5.80. The van der Waals surface area contributed by atoms with Crippen molar-refractivity contribution in [2.45, 2.75) is 0 Å². The fraction of sp³-hybridized carbons (Fsp3) is 0. The van der Waals surface area contributed by atoms with E-state index in [9.17, 15) is 12.3 Å². The number of benzene rings is 9. The zero-order valence-corrected chi connectivity index (χ0v) is 29.2. The summed E-state index contributed by atoms with van der Waals surface area (Å²) in [6.07, 6.45) is 0. The van der Waals surface area contributed by atoms with Crippen molar-refractivity contribution < 1.29 is 34.6 Å². The third kappa shape index (κ3) is 4.92. The van der Waals surface area contributed by atoms with Crippen LogP contribution in [0.4, 0.5) is 0 Å². The molecule has 0 N–H and O–H groups in total. The van der Waals surface area contributed by atoms with Gasteiger partial charge in [-0.1, -0.05) is 133 Å². The predicted molar refractivity (Wildman–Crippen MR) is 239 cm³/mol. The molecule has 0 aliphatic carbocycles. The van der Waals surface area contributed by atoms with Gasteiger partial charge in [0.1, 0.15) is 11.2 Å². The van der Waals surface area contributed by atoms with Gasteiger partial charge in [-0.15, -0.1) is 0 Å². The molecule has 266 valence electrons. The van der Waals surface area contributed by atoms with E-state index in [2.05, 4.69) is 0 Å². The van der Waals surface area contributed by atoms with Gasteiger partial charge in [-0.25, -0.2) is 0 Å². The van der Waals surface area contributed by atoms with E-state index in [1.54, 1.807) is 24.3 Å². The SMILES string of the molecule is [2H]c1cc(-c2c([2H])c([2H])c([2H])c3oc4cc(-n5c6c([2H])c([2H])c([2H])c([2H])c6c6c([2H])c(-c7c([2H])c([2H])c8c(c7[2H])c7c([2H])c([2H])c([2H])c([2H])c7n8-c7ccc(-c8ccccc8)cc7)c([2H])c([2H])c65)cc([2H])c4c23)c([2H])c([2H])c1[2H]. The van der Waals surface area contributed by atoms with E-state index in [0.717, 1.165) is 21.8 Å². The summed E-state index contributed by atoms with van der Waals surface area (Å²) in [5.41, 5.74) is -1.25. The molecule has 0 saturated carbocycles. The largest absolute Gasteiger partial charge is 0.456 e. The highest BCUT2D eigenvalue weighted by Crippen LogP contribution is 2.41. The third-order valence-corrected chi connectivity index (χ3v) is 10.1. The van der Waals surface area contributed by atoms with Crippen LogP contribution in [-0.4, -0.2) is 9.13 Å². The van der Waals surface area contributed by atoms with E-state index in [1.165, 1.54) is 16.7 Å². The minimum absolute atomic E-state index is 0.0791. The van der Waals surface area contributed by atoms with Gasteiger partial charge in [0.05, 0.1) is 52.2 Å². The molecule has 3 heteroatoms. The Hall–Kier alpha value is -7.62. The number of para-hydroxylation sites is 2. The Bertz CT molecular complexity index is 4790. The predicted octanol–water partition coefficient (Wildman–Crippen LogP) is 14.8. The molecule has 12 aromatic rings. The highest BCUT2D eigenvalue weighted by atomic mass is 16.3. The molecule has 0 aliphatic rings. The Labute approximate surface area is 359 Å². The molecule has 0 amide bonds. The molecule has 0 spiro atoms. The number of hydrogen-bond acceptors (Lipinski definition) is 1. The first kappa shape index (κ1) is 17.0. The maximum absolute atomic E-state index is 9.95. The van der Waals surface area contributed by atoms with Gasteiger partial charge in [-0.05, 0) is 99.9 Å². The van der Waals surface area contributed by atoms with Crippen molar-refractivity contribution in [1.82, 2.24) is 9.13 Å². The molecule has 0 aliphatic heterocycles. The van der Waals surface area contributed by atoms with Crippen LogP contribution in [0.2, 0.25) is 0 Å². The van der Waals surface area contributed by atoms with E-state index < -0.39 is 144 Å². The topological polar surface area (TPSA) is 23.0 Å². The standard InChI is InChI=1S/C54H34N2O/c1-3-12-35(13-4-1)36-22-26-40(27-23-36)55-48-19-9-7-16-43(48)46-32-38(24-30-50(46)55)39-25-31-51-47(33-39)44-17-8-10-20-49(44)56(51)41-28-29-45-53(34-41)57-52-21-11-18-42(54(45)52)37-14-5-2-6-15-37/h1-34H/i2D,5D,6D,7D,8D,9D,10D,11D,14D,16D,17D,18D,19D,20D,21D,24D,25D,29D,30D,31D,32D,33D. The Balaban J connectivity index is 1.17. The van der Waals surface area contributed by atoms with Gasteiger partial charge in [0.25, 0.3) is 0 Å². The Kier molecular flexibility index (Phi) is 3.72. The van der Waals surface area contributed by atoms with Crippen LogP contribution in [0.5, 0.6) is 0 Å². The normalized spacial score (nSPS) is 17.3. The second-order valence-corrected chi connectivity index (χ2v) is 13.2. The molecule has 0 radical (unpaired) electrons. The molecule has 0 bridgehead atoms. The average molecular weight is 749 g/mol. The first-order valence-corrected chi connectivity index (χ1v) is 17.7. The zero-order valence-electron chi connectivity index (χ0n) is 51.2. The van der Waals surface area contributed by atoms with Crippen LogP contribution in [0.3, 0.4) is 0 Å². The van der Waals surface area contributed by atoms with Crippen LogP contribution in [0.1, 0.15) is 30.2 Å². The summed E-state index contributed by atoms with van der Waals surface area (Å²) in [5.74, 6) is 0. The molecular weight excluding hydrogens is 693 g/mol. The molecule has 0 saturated heterocycles. The van der Waals surface area contributed by atoms with Gasteiger partial charge in [0.2, 0.25) is 0 Å². The monoisotopic (exact) mass is 748 g/mol. The average Bonchev–Trinajstić information content (AvgIpc) is 4.34. The molecule has 3 heterocycles. The van der Waals surface area contributed by atoms with Crippen molar-refractivity contribution in [3.8, 4) is 44.8 Å². The molecule has 0 unspecified atom stereocenters. The summed E-state index contributed by atoms with van der Waals surface area (Å²) in [5, 5.41) is -1.34. The number of rotatable bonds is 5. The quantitative estimate of drug-likeness (QED) is 0.172. The van der Waals surface area contributed by atoms with E-state index in [0.29, 0.717) is 5.69 Å². The Morgan fingerprint density at radius 1 is 0.368 bits per heavy atom. The number of aromatic nitrogens is 2. The lowest BCUT2D eigenvalue weighted by molar-refractivity contribution is 0.668. The van der Waals surface area contributed by atoms with Crippen molar-refractivity contribution in [2.75, 3.05) is 0 Å². The lowest BCUT2D eigenvalue weighted by Crippen LogP contribution is -1.94. The first-order chi connectivity index (χ1) is 37.4. The zero-order chi connectivity index (χ0) is 56.6. The molecule has 3 aromatic heterocycles. The molecule has 57 heavy (non-hydrogen) atoms. The van der Waals surface area contributed by atoms with Gasteiger partial charge in [-0.2, -0.15) is 0 Å². The number of nitrogens with zero attached hydrogens (tertiary/aromatic N) is 2. The van der Waals surface area contributed by atoms with Crippen molar-refractivity contribution >= 4 is 65.6 Å². The van der Waals surface area contributed by atoms with Gasteiger partial charge in [0, 0.05) is 49.8 Å². The van der Waals surface area contributed by atoms with E-state index in [-0.39, 0.29) is 82.4 Å². The van der Waals surface area contributed by atoms with Crippen LogP contribution < -0.4 is 0 Å². The Morgan fingerprint density at radius 3 is 1.72 bits per heavy atom. The van der Waals surface area contributed by atoms with Crippen LogP contribution in [0.25, 0.3) is 110 Å². The smallest absolute Gasteiger partial charge is 0.137 e. The summed E-state index contributed by atoms with van der Waals surface area (Å²) in [7, 11) is 0. The van der Waals surface area contributed by atoms with Gasteiger partial charge >= 0.3 is 0 Å². The number of fused-ring (bicyclic) bond motifs is 9. The molecule has 3 nitrogen and oxygen atoms in total. The minimum atomic E-state index is -0.808. The van der Waals surface area contributed by atoms with E-state index >= 15 is 0 Å². The van der Waals surface area contributed by atoms with Crippen LogP contribution in [0, 0.1) is 0 Å². The van der Waals surface area contributed by atoms with Crippen molar-refractivity contribution in [1.29, 1.82) is 0 Å². The highest BCUT2D eigenvalue weighted by molar-refractivity contribution is 6.15. The summed E-state index contributed by atoms with van der Waals surface area (Å²) in [6.45, 7) is 0. The lowest BCUT2D eigenvalue weighted by Gasteiger charge is -2.10. The summed E-state index contributed by atoms with van der Waals surface area (Å²) in [4.78, 5) is 0. The van der Waals surface area contributed by atoms with Crippen LogP contribution in [0.15, 0.2) is 210 Å². The second-order valence-electron chi connectivity index (χ2n) is 13.2. The van der Waals surface area contributed by atoms with Crippen molar-refractivity contribution in [3.05, 3.63) is 206 Å². The van der Waals surface area contributed by atoms with Crippen molar-refractivity contribution in [3.63, 3.8) is 0 Å².